The van der Waals surface area contributed by atoms with Crippen molar-refractivity contribution in [2.75, 3.05) is 27.0 Å². The second kappa shape index (κ2) is 9.59. The fourth-order valence-electron chi connectivity index (χ4n) is 2.82. The normalized spacial score (nSPS) is 13.1. The molecule has 2 rings (SSSR count). The molecule has 10 heteroatoms. The molecule has 0 saturated heterocycles. The molecule has 2 aromatic rings. The zero-order valence-corrected chi connectivity index (χ0v) is 19.0. The van der Waals surface area contributed by atoms with Crippen molar-refractivity contribution in [1.82, 2.24) is 9.62 Å². The van der Waals surface area contributed by atoms with Crippen molar-refractivity contribution in [3.8, 4) is 5.75 Å². The Bertz CT molecular complexity index is 1080. The van der Waals surface area contributed by atoms with E-state index in [1.165, 1.54) is 50.6 Å². The van der Waals surface area contributed by atoms with Crippen molar-refractivity contribution in [2.24, 2.45) is 0 Å². The number of carbonyl (C=O) groups is 1. The molecule has 1 N–H and O–H groups in total. The van der Waals surface area contributed by atoms with Crippen LogP contribution >= 0.6 is 0 Å². The van der Waals surface area contributed by atoms with Gasteiger partial charge in [0, 0.05) is 13.3 Å². The maximum absolute atomic E-state index is 12.7. The third-order valence-electron chi connectivity index (χ3n) is 4.59. The third kappa shape index (κ3) is 5.80. The van der Waals surface area contributed by atoms with Gasteiger partial charge in [-0.2, -0.15) is 4.31 Å². The lowest BCUT2D eigenvalue weighted by molar-refractivity contribution is -0.121. The molecule has 0 bridgehead atoms. The van der Waals surface area contributed by atoms with Crippen LogP contribution in [0.15, 0.2) is 58.3 Å². The maximum Gasteiger partial charge on any atom is 0.243 e. The van der Waals surface area contributed by atoms with Crippen LogP contribution in [0.25, 0.3) is 0 Å². The minimum absolute atomic E-state index is 0.0574. The van der Waals surface area contributed by atoms with E-state index in [4.69, 9.17) is 4.74 Å². The predicted molar refractivity (Wildman–Crippen MR) is 114 cm³/mol. The summed E-state index contributed by atoms with van der Waals surface area (Å²) in [5, 5.41) is 2.80. The van der Waals surface area contributed by atoms with Gasteiger partial charge in [-0.1, -0.05) is 19.1 Å². The number of nitrogens with one attached hydrogen (secondary N) is 1. The van der Waals surface area contributed by atoms with E-state index in [2.05, 4.69) is 5.32 Å². The Morgan fingerprint density at radius 3 is 2.00 bits per heavy atom. The summed E-state index contributed by atoms with van der Waals surface area (Å²) in [5.74, 6) is 0.0654. The van der Waals surface area contributed by atoms with E-state index in [1.54, 1.807) is 12.1 Å². The standard InChI is InChI=1S/C20H26N2O6S2/c1-5-19(15-6-10-17(11-7-15)29(4,24)25)21-20(23)14-22(2)30(26,27)18-12-8-16(28-3)9-13-18/h6-13,19H,5,14H2,1-4H3,(H,21,23)/t19-/m0/s1. The topological polar surface area (TPSA) is 110 Å². The van der Waals surface area contributed by atoms with E-state index in [9.17, 15) is 21.6 Å². The summed E-state index contributed by atoms with van der Waals surface area (Å²) >= 11 is 0. The number of benzene rings is 2. The first kappa shape index (κ1) is 23.8. The molecular formula is C20H26N2O6S2. The average molecular weight is 455 g/mol. The first-order valence-corrected chi connectivity index (χ1v) is 12.5. The van der Waals surface area contributed by atoms with E-state index >= 15 is 0 Å². The minimum atomic E-state index is -3.84. The molecule has 0 spiro atoms. The van der Waals surface area contributed by atoms with Gasteiger partial charge in [-0.25, -0.2) is 16.8 Å². The number of ether oxygens (including phenoxy) is 1. The molecule has 1 atom stereocenters. The largest absolute Gasteiger partial charge is 0.497 e. The monoisotopic (exact) mass is 454 g/mol. The number of hydrogen-bond donors (Lipinski definition) is 1. The van der Waals surface area contributed by atoms with Crippen molar-refractivity contribution < 1.29 is 26.4 Å². The molecule has 0 radical (unpaired) electrons. The Labute approximate surface area is 177 Å². The summed E-state index contributed by atoms with van der Waals surface area (Å²) in [4.78, 5) is 12.7. The Hall–Kier alpha value is -2.43. The molecule has 8 nitrogen and oxygen atoms in total. The quantitative estimate of drug-likeness (QED) is 0.620. The second-order valence-electron chi connectivity index (χ2n) is 6.81. The highest BCUT2D eigenvalue weighted by molar-refractivity contribution is 7.90. The van der Waals surface area contributed by atoms with Crippen LogP contribution in [0.3, 0.4) is 0 Å². The van der Waals surface area contributed by atoms with Crippen LogP contribution in [0.1, 0.15) is 24.9 Å². The van der Waals surface area contributed by atoms with Crippen LogP contribution in [0.4, 0.5) is 0 Å². The van der Waals surface area contributed by atoms with Gasteiger partial charge in [-0.3, -0.25) is 4.79 Å². The number of amides is 1. The van der Waals surface area contributed by atoms with Gasteiger partial charge in [0.25, 0.3) is 0 Å². The zero-order chi connectivity index (χ0) is 22.5. The van der Waals surface area contributed by atoms with Crippen LogP contribution in [0, 0.1) is 0 Å². The molecule has 1 amide bonds. The van der Waals surface area contributed by atoms with Crippen LogP contribution in [-0.4, -0.2) is 54.0 Å². The van der Waals surface area contributed by atoms with Gasteiger partial charge in [0.05, 0.1) is 29.5 Å². The Balaban J connectivity index is 2.08. The molecule has 0 aromatic heterocycles. The van der Waals surface area contributed by atoms with Crippen molar-refractivity contribution in [3.63, 3.8) is 0 Å². The summed E-state index contributed by atoms with van der Waals surface area (Å²) in [7, 11) is -4.33. The van der Waals surface area contributed by atoms with Gasteiger partial charge < -0.3 is 10.1 Å². The van der Waals surface area contributed by atoms with E-state index < -0.39 is 25.8 Å². The summed E-state index contributed by atoms with van der Waals surface area (Å²) in [6, 6.07) is 11.8. The van der Waals surface area contributed by atoms with Crippen molar-refractivity contribution in [3.05, 3.63) is 54.1 Å². The Morgan fingerprint density at radius 1 is 1.00 bits per heavy atom. The van der Waals surface area contributed by atoms with Gasteiger partial charge in [0.1, 0.15) is 5.75 Å². The van der Waals surface area contributed by atoms with Gasteiger partial charge in [0.15, 0.2) is 9.84 Å². The third-order valence-corrected chi connectivity index (χ3v) is 7.53. The minimum Gasteiger partial charge on any atom is -0.497 e. The Morgan fingerprint density at radius 2 is 1.53 bits per heavy atom. The van der Waals surface area contributed by atoms with Crippen molar-refractivity contribution in [2.45, 2.75) is 29.2 Å². The fourth-order valence-corrected chi connectivity index (χ4v) is 4.58. The number of sulfonamides is 1. The van der Waals surface area contributed by atoms with Gasteiger partial charge >= 0.3 is 0 Å². The molecule has 0 heterocycles. The number of sulfone groups is 1. The van der Waals surface area contributed by atoms with Crippen molar-refractivity contribution in [1.29, 1.82) is 0 Å². The molecule has 0 saturated carbocycles. The predicted octanol–water partition coefficient (Wildman–Crippen LogP) is 1.99. The van der Waals surface area contributed by atoms with Crippen LogP contribution < -0.4 is 10.1 Å². The molecular weight excluding hydrogens is 428 g/mol. The van der Waals surface area contributed by atoms with Crippen LogP contribution in [0.2, 0.25) is 0 Å². The number of methoxy groups -OCH3 is 1. The molecule has 0 unspecified atom stereocenters. The number of rotatable bonds is 9. The van der Waals surface area contributed by atoms with E-state index in [0.717, 1.165) is 16.1 Å². The highest BCUT2D eigenvalue weighted by Crippen LogP contribution is 2.20. The van der Waals surface area contributed by atoms with E-state index in [0.29, 0.717) is 12.2 Å². The first-order chi connectivity index (χ1) is 14.0. The SMILES string of the molecule is CC[C@H](NC(=O)CN(C)S(=O)(=O)c1ccc(OC)cc1)c1ccc(S(C)(=O)=O)cc1. The maximum atomic E-state index is 12.7. The lowest BCUT2D eigenvalue weighted by atomic mass is 10.0. The molecule has 0 aliphatic heterocycles. The number of hydrogen-bond acceptors (Lipinski definition) is 6. The zero-order valence-electron chi connectivity index (χ0n) is 17.3. The summed E-state index contributed by atoms with van der Waals surface area (Å²) in [6.45, 7) is 1.51. The summed E-state index contributed by atoms with van der Waals surface area (Å²) in [5.41, 5.74) is 0.735. The highest BCUT2D eigenvalue weighted by atomic mass is 32.2. The first-order valence-electron chi connectivity index (χ1n) is 9.18. The average Bonchev–Trinajstić information content (AvgIpc) is 2.71. The van der Waals surface area contributed by atoms with Gasteiger partial charge in [0.2, 0.25) is 15.9 Å². The number of carbonyl (C=O) groups excluding carboxylic acids is 1. The lowest BCUT2D eigenvalue weighted by Crippen LogP contribution is -2.39. The highest BCUT2D eigenvalue weighted by Gasteiger charge is 2.24. The second-order valence-corrected chi connectivity index (χ2v) is 10.9. The molecule has 0 fully saturated rings. The van der Waals surface area contributed by atoms with E-state index in [-0.39, 0.29) is 22.4 Å². The molecule has 30 heavy (non-hydrogen) atoms. The number of nitrogens with zero attached hydrogens (tertiary/aromatic N) is 1. The van der Waals surface area contributed by atoms with Gasteiger partial charge in [-0.15, -0.1) is 0 Å². The smallest absolute Gasteiger partial charge is 0.243 e. The lowest BCUT2D eigenvalue weighted by Gasteiger charge is -2.21. The van der Waals surface area contributed by atoms with Gasteiger partial charge in [-0.05, 0) is 48.4 Å². The van der Waals surface area contributed by atoms with Crippen LogP contribution in [-0.2, 0) is 24.7 Å². The molecule has 0 aliphatic rings. The van der Waals surface area contributed by atoms with Crippen molar-refractivity contribution >= 4 is 25.8 Å². The van der Waals surface area contributed by atoms with Crippen LogP contribution in [0.5, 0.6) is 5.75 Å². The molecule has 0 aliphatic carbocycles. The summed E-state index contributed by atoms with van der Waals surface area (Å²) < 4.78 is 54.5. The fraction of sp³-hybridized carbons (Fsp3) is 0.350. The number of likely N-dealkylation sites (N-methyl/N-ethyl adjacent to an activating group) is 1. The molecule has 2 aromatic carbocycles. The molecule has 164 valence electrons. The van der Waals surface area contributed by atoms with E-state index in [1.807, 2.05) is 6.92 Å². The summed E-state index contributed by atoms with van der Waals surface area (Å²) in [6.07, 6.45) is 1.68. The Kier molecular flexibility index (Phi) is 7.62.